The summed E-state index contributed by atoms with van der Waals surface area (Å²) in [6, 6.07) is 6.88. The van der Waals surface area contributed by atoms with Gasteiger partial charge in [-0.15, -0.1) is 23.2 Å². The Morgan fingerprint density at radius 3 is 1.52 bits per heavy atom. The number of rotatable bonds is 6. The molecule has 2 rings (SSSR count). The molecule has 0 aromatic heterocycles. The molecule has 0 fully saturated rings. The van der Waals surface area contributed by atoms with Crippen LogP contribution in [0.15, 0.2) is 46.2 Å². The van der Waals surface area contributed by atoms with Gasteiger partial charge in [-0.2, -0.15) is 0 Å². The molecule has 2 nitrogen and oxygen atoms in total. The van der Waals surface area contributed by atoms with Crippen molar-refractivity contribution in [2.45, 2.75) is 22.6 Å². The average Bonchev–Trinajstić information content (AvgIpc) is 2.47. The van der Waals surface area contributed by atoms with Crippen molar-refractivity contribution in [3.8, 4) is 0 Å². The first-order valence-electron chi connectivity index (χ1n) is 6.84. The third kappa shape index (κ3) is 4.03. The first kappa shape index (κ1) is 18.2. The monoisotopic (exact) mass is 378 g/mol. The van der Waals surface area contributed by atoms with Crippen LogP contribution in [0, 0.1) is 11.6 Å². The van der Waals surface area contributed by atoms with E-state index in [2.05, 4.69) is 0 Å². The van der Waals surface area contributed by atoms with Crippen LogP contribution >= 0.6 is 23.2 Å². The molecule has 0 spiro atoms. The summed E-state index contributed by atoms with van der Waals surface area (Å²) in [4.78, 5) is -0.0519. The molecule has 0 aliphatic heterocycles. The molecule has 0 N–H and O–H groups in total. The molecule has 0 radical (unpaired) electrons. The van der Waals surface area contributed by atoms with E-state index < -0.39 is 21.5 Å². The Labute approximate surface area is 144 Å². The Balaban J connectivity index is 2.64. The van der Waals surface area contributed by atoms with Crippen LogP contribution in [0.5, 0.6) is 0 Å². The van der Waals surface area contributed by atoms with Crippen molar-refractivity contribution in [2.24, 2.45) is 0 Å². The van der Waals surface area contributed by atoms with Crippen LogP contribution in [0.2, 0.25) is 0 Å². The van der Waals surface area contributed by atoms with Crippen molar-refractivity contribution in [2.75, 3.05) is 11.8 Å². The topological polar surface area (TPSA) is 34.1 Å². The summed E-state index contributed by atoms with van der Waals surface area (Å²) in [5.41, 5.74) is 0.585. The normalized spacial score (nSPS) is 11.7. The van der Waals surface area contributed by atoms with Crippen molar-refractivity contribution in [3.05, 3.63) is 59.2 Å². The van der Waals surface area contributed by atoms with Gasteiger partial charge in [0.1, 0.15) is 11.6 Å². The van der Waals surface area contributed by atoms with Crippen molar-refractivity contribution in [1.82, 2.24) is 0 Å². The van der Waals surface area contributed by atoms with Gasteiger partial charge in [-0.3, -0.25) is 0 Å². The lowest BCUT2D eigenvalue weighted by Gasteiger charge is -2.13. The number of hydrogen-bond donors (Lipinski definition) is 0. The molecular formula is C16H14Cl2F2O2S. The van der Waals surface area contributed by atoms with Crippen LogP contribution in [-0.2, 0) is 22.7 Å². The van der Waals surface area contributed by atoms with Crippen LogP contribution in [0.4, 0.5) is 8.78 Å². The summed E-state index contributed by atoms with van der Waals surface area (Å²) in [5, 5.41) is 0. The minimum Gasteiger partial charge on any atom is -0.218 e. The molecule has 0 heterocycles. The number of aryl methyl sites for hydroxylation is 2. The lowest BCUT2D eigenvalue weighted by Crippen LogP contribution is -2.10. The highest BCUT2D eigenvalue weighted by atomic mass is 35.5. The van der Waals surface area contributed by atoms with Crippen molar-refractivity contribution < 1.29 is 17.2 Å². The summed E-state index contributed by atoms with van der Waals surface area (Å²) >= 11 is 11.3. The molecule has 2 aromatic carbocycles. The predicted molar refractivity (Wildman–Crippen MR) is 87.1 cm³/mol. The van der Waals surface area contributed by atoms with Crippen molar-refractivity contribution >= 4 is 33.0 Å². The second kappa shape index (κ2) is 7.60. The highest BCUT2D eigenvalue weighted by Crippen LogP contribution is 2.29. The minimum atomic E-state index is -3.93. The van der Waals surface area contributed by atoms with Gasteiger partial charge in [0.05, 0.1) is 9.79 Å². The Hall–Kier alpha value is -1.17. The van der Waals surface area contributed by atoms with Crippen LogP contribution in [0.25, 0.3) is 0 Å². The second-order valence-electron chi connectivity index (χ2n) is 4.89. The largest absolute Gasteiger partial charge is 0.218 e. The van der Waals surface area contributed by atoms with Crippen LogP contribution in [0.1, 0.15) is 11.1 Å². The number of alkyl halides is 2. The van der Waals surface area contributed by atoms with E-state index >= 15 is 0 Å². The Morgan fingerprint density at radius 2 is 1.17 bits per heavy atom. The van der Waals surface area contributed by atoms with E-state index in [1.54, 1.807) is 0 Å². The third-order valence-electron chi connectivity index (χ3n) is 3.35. The Morgan fingerprint density at radius 1 is 0.783 bits per heavy atom. The smallest absolute Gasteiger partial charge is 0.207 e. The Kier molecular flexibility index (Phi) is 6.00. The highest BCUT2D eigenvalue weighted by molar-refractivity contribution is 7.91. The maximum atomic E-state index is 13.4. The SMILES string of the molecule is O=S(=O)(c1ccc(F)cc1CCCl)c1ccc(F)cc1CCCl. The van der Waals surface area contributed by atoms with E-state index in [1.165, 1.54) is 12.1 Å². The van der Waals surface area contributed by atoms with E-state index in [0.717, 1.165) is 24.3 Å². The molecular weight excluding hydrogens is 365 g/mol. The molecule has 0 amide bonds. The van der Waals surface area contributed by atoms with Gasteiger partial charge >= 0.3 is 0 Å². The molecule has 7 heteroatoms. The molecule has 0 bridgehead atoms. The van der Waals surface area contributed by atoms with E-state index in [1.807, 2.05) is 0 Å². The van der Waals surface area contributed by atoms with Gasteiger partial charge in [0.25, 0.3) is 0 Å². The quantitative estimate of drug-likeness (QED) is 0.552. The highest BCUT2D eigenvalue weighted by Gasteiger charge is 2.24. The van der Waals surface area contributed by atoms with E-state index in [4.69, 9.17) is 23.2 Å². The number of benzene rings is 2. The minimum absolute atomic E-state index is 0.0259. The van der Waals surface area contributed by atoms with Crippen LogP contribution < -0.4 is 0 Å². The van der Waals surface area contributed by atoms with Gasteiger partial charge in [0.2, 0.25) is 9.84 Å². The maximum Gasteiger partial charge on any atom is 0.207 e. The number of hydrogen-bond acceptors (Lipinski definition) is 2. The van der Waals surface area contributed by atoms with Crippen LogP contribution in [-0.4, -0.2) is 20.2 Å². The van der Waals surface area contributed by atoms with Crippen LogP contribution in [0.3, 0.4) is 0 Å². The zero-order valence-electron chi connectivity index (χ0n) is 12.0. The van der Waals surface area contributed by atoms with Gasteiger partial charge in [-0.05, 0) is 60.4 Å². The molecule has 0 saturated carbocycles. The predicted octanol–water partition coefficient (Wildman–Crippen LogP) is 4.36. The maximum absolute atomic E-state index is 13.4. The lowest BCUT2D eigenvalue weighted by molar-refractivity contribution is 0.590. The first-order valence-corrected chi connectivity index (χ1v) is 9.39. The standard InChI is InChI=1S/C16H14Cl2F2O2S/c17-7-5-11-9-13(19)1-3-15(11)23(21,22)16-4-2-14(20)10-12(16)6-8-18/h1-4,9-10H,5-8H2. The number of sulfone groups is 1. The van der Waals surface area contributed by atoms with E-state index in [9.17, 15) is 17.2 Å². The molecule has 0 unspecified atom stereocenters. The fraction of sp³-hybridized carbons (Fsp3) is 0.250. The molecule has 0 atom stereocenters. The van der Waals surface area contributed by atoms with E-state index in [0.29, 0.717) is 11.1 Å². The fourth-order valence-electron chi connectivity index (χ4n) is 2.33. The molecule has 0 saturated heterocycles. The summed E-state index contributed by atoms with van der Waals surface area (Å²) < 4.78 is 52.7. The van der Waals surface area contributed by atoms with E-state index in [-0.39, 0.29) is 34.4 Å². The van der Waals surface area contributed by atoms with Crippen molar-refractivity contribution in [1.29, 1.82) is 0 Å². The summed E-state index contributed by atoms with van der Waals surface area (Å²) in [7, 11) is -3.93. The van der Waals surface area contributed by atoms with Crippen molar-refractivity contribution in [3.63, 3.8) is 0 Å². The molecule has 2 aromatic rings. The molecule has 0 aliphatic carbocycles. The summed E-state index contributed by atoms with van der Waals surface area (Å²) in [6.07, 6.45) is 0.416. The van der Waals surface area contributed by atoms with Gasteiger partial charge in [-0.1, -0.05) is 0 Å². The second-order valence-corrected chi connectivity index (χ2v) is 7.53. The Bertz CT molecular complexity index is 746. The molecule has 124 valence electrons. The summed E-state index contributed by atoms with van der Waals surface area (Å²) in [6.45, 7) is 0. The lowest BCUT2D eigenvalue weighted by atomic mass is 10.1. The molecule has 0 aliphatic rings. The zero-order chi connectivity index (χ0) is 17.0. The van der Waals surface area contributed by atoms with Gasteiger partial charge in [-0.25, -0.2) is 17.2 Å². The van der Waals surface area contributed by atoms with Gasteiger partial charge in [0, 0.05) is 11.8 Å². The molecule has 23 heavy (non-hydrogen) atoms. The summed E-state index contributed by atoms with van der Waals surface area (Å²) in [5.74, 6) is -0.762. The third-order valence-corrected chi connectivity index (χ3v) is 5.68. The van der Waals surface area contributed by atoms with Gasteiger partial charge < -0.3 is 0 Å². The first-order chi connectivity index (χ1) is 10.9. The zero-order valence-corrected chi connectivity index (χ0v) is 14.4. The average molecular weight is 379 g/mol. The fourth-order valence-corrected chi connectivity index (χ4v) is 4.48. The van der Waals surface area contributed by atoms with Gasteiger partial charge in [0.15, 0.2) is 0 Å². The number of halogens is 4.